The van der Waals surface area contributed by atoms with E-state index in [1.54, 1.807) is 4.90 Å². The molecular formula is C20H42ClN3O5. The topological polar surface area (TPSA) is 113 Å². The summed E-state index contributed by atoms with van der Waals surface area (Å²) in [7, 11) is 0. The van der Waals surface area contributed by atoms with Crippen molar-refractivity contribution in [3.05, 3.63) is 0 Å². The van der Waals surface area contributed by atoms with Crippen LogP contribution in [0.4, 0.5) is 0 Å². The van der Waals surface area contributed by atoms with Gasteiger partial charge in [0.15, 0.2) is 0 Å². The van der Waals surface area contributed by atoms with Crippen LogP contribution in [0.1, 0.15) is 53.9 Å². The molecule has 0 bridgehead atoms. The van der Waals surface area contributed by atoms with Gasteiger partial charge in [0.2, 0.25) is 11.8 Å². The Hall–Kier alpha value is -0.930. The molecule has 1 aliphatic heterocycles. The minimum atomic E-state index is -0.667. The number of carbonyl (C=O) groups is 2. The highest BCUT2D eigenvalue weighted by Gasteiger charge is 2.25. The number of aliphatic hydroxyl groups excluding tert-OH is 3. The van der Waals surface area contributed by atoms with E-state index in [0.29, 0.717) is 31.5 Å². The van der Waals surface area contributed by atoms with Gasteiger partial charge in [-0.2, -0.15) is 0 Å². The maximum absolute atomic E-state index is 11.7. The van der Waals surface area contributed by atoms with Crippen LogP contribution in [-0.4, -0.2) is 95.0 Å². The molecule has 0 aliphatic carbocycles. The van der Waals surface area contributed by atoms with Crippen molar-refractivity contribution in [3.8, 4) is 0 Å². The molecule has 0 saturated carbocycles. The maximum atomic E-state index is 11.7. The van der Waals surface area contributed by atoms with Gasteiger partial charge in [-0.25, -0.2) is 0 Å². The first-order chi connectivity index (χ1) is 13.2. The number of likely N-dealkylation sites (tertiary alicyclic amines) is 1. The van der Waals surface area contributed by atoms with Crippen LogP contribution in [0.5, 0.6) is 0 Å². The number of carbonyl (C=O) groups excluding carboxylic acids is 2. The second-order valence-corrected chi connectivity index (χ2v) is 8.02. The number of hydrogen-bond donors (Lipinski definition) is 4. The summed E-state index contributed by atoms with van der Waals surface area (Å²) in [4.78, 5) is 27.1. The average Bonchev–Trinajstić information content (AvgIpc) is 3.05. The summed E-state index contributed by atoms with van der Waals surface area (Å²) in [6, 6.07) is 0.939. The number of nitrogens with zero attached hydrogens (tertiary/aromatic N) is 2. The lowest BCUT2D eigenvalue weighted by atomic mass is 9.88. The molecule has 1 aliphatic rings. The van der Waals surface area contributed by atoms with E-state index in [1.807, 2.05) is 6.92 Å². The first kappa shape index (κ1) is 30.3. The Balaban J connectivity index is 0. The maximum Gasteiger partial charge on any atom is 0.239 e. The molecule has 0 unspecified atom stereocenters. The second kappa shape index (κ2) is 15.8. The smallest absolute Gasteiger partial charge is 0.239 e. The summed E-state index contributed by atoms with van der Waals surface area (Å²) in [5.41, 5.74) is -0.667. The quantitative estimate of drug-likeness (QED) is 0.375. The molecule has 1 fully saturated rings. The van der Waals surface area contributed by atoms with Crippen molar-refractivity contribution in [2.75, 3.05) is 46.0 Å². The van der Waals surface area contributed by atoms with Gasteiger partial charge in [-0.1, -0.05) is 6.92 Å². The van der Waals surface area contributed by atoms with E-state index in [9.17, 15) is 9.59 Å². The van der Waals surface area contributed by atoms with Crippen LogP contribution < -0.4 is 5.32 Å². The Morgan fingerprint density at radius 3 is 1.97 bits per heavy atom. The fourth-order valence-electron chi connectivity index (χ4n) is 3.02. The normalized spacial score (nSPS) is 14.2. The lowest BCUT2D eigenvalue weighted by molar-refractivity contribution is -0.133. The van der Waals surface area contributed by atoms with Crippen LogP contribution >= 0.6 is 12.4 Å². The van der Waals surface area contributed by atoms with Crippen molar-refractivity contribution in [1.82, 2.24) is 15.1 Å². The lowest BCUT2D eigenvalue weighted by Crippen LogP contribution is -2.44. The molecule has 0 aromatic carbocycles. The number of rotatable bonds is 11. The van der Waals surface area contributed by atoms with Crippen molar-refractivity contribution < 1.29 is 24.9 Å². The Bertz CT molecular complexity index is 434. The van der Waals surface area contributed by atoms with Crippen LogP contribution in [0, 0.1) is 5.41 Å². The molecular weight excluding hydrogens is 398 g/mol. The van der Waals surface area contributed by atoms with Gasteiger partial charge in [0.05, 0.1) is 26.4 Å². The van der Waals surface area contributed by atoms with Crippen LogP contribution in [0.3, 0.4) is 0 Å². The van der Waals surface area contributed by atoms with Crippen molar-refractivity contribution in [2.45, 2.75) is 66.0 Å². The van der Waals surface area contributed by atoms with E-state index in [1.165, 1.54) is 0 Å². The third-order valence-corrected chi connectivity index (χ3v) is 5.28. The van der Waals surface area contributed by atoms with Crippen LogP contribution in [0.2, 0.25) is 0 Å². The van der Waals surface area contributed by atoms with E-state index >= 15 is 0 Å². The molecule has 0 aromatic rings. The molecule has 9 heteroatoms. The molecule has 0 aromatic heterocycles. The summed E-state index contributed by atoms with van der Waals surface area (Å²) >= 11 is 0. The second-order valence-electron chi connectivity index (χ2n) is 8.02. The van der Waals surface area contributed by atoms with Gasteiger partial charge in [0.25, 0.3) is 0 Å². The molecule has 1 saturated heterocycles. The molecule has 0 atom stereocenters. The number of halogens is 1. The van der Waals surface area contributed by atoms with Gasteiger partial charge < -0.3 is 25.5 Å². The van der Waals surface area contributed by atoms with E-state index in [-0.39, 0.29) is 50.6 Å². The number of nitrogens with one attached hydrogen (secondary N) is 1. The van der Waals surface area contributed by atoms with Crippen LogP contribution in [0.25, 0.3) is 0 Å². The number of aliphatic hydroxyl groups is 3. The Morgan fingerprint density at radius 1 is 1.14 bits per heavy atom. The minimum Gasteiger partial charge on any atom is -0.396 e. The molecule has 0 spiro atoms. The van der Waals surface area contributed by atoms with Crippen LogP contribution in [-0.2, 0) is 9.59 Å². The third kappa shape index (κ3) is 11.1. The summed E-state index contributed by atoms with van der Waals surface area (Å²) < 4.78 is 0. The van der Waals surface area contributed by atoms with Crippen LogP contribution in [0.15, 0.2) is 0 Å². The highest BCUT2D eigenvalue weighted by molar-refractivity contribution is 5.86. The van der Waals surface area contributed by atoms with Crippen molar-refractivity contribution in [2.24, 2.45) is 5.41 Å². The standard InChI is InChI=1S/C14H27N3O2.C6H14O3.ClH/c1-11(2)17(12(3)4)9-7-15-13(18)10-16-8-5-6-14(16)19;1-2-6(3-7,4-8)5-9;/h11-12H,5-10H2,1-4H3,(H,15,18);7-9H,2-5H2,1H3;1H. The molecule has 1 heterocycles. The molecule has 4 N–H and O–H groups in total. The lowest BCUT2D eigenvalue weighted by Gasteiger charge is -2.30. The van der Waals surface area contributed by atoms with E-state index in [2.05, 4.69) is 37.9 Å². The SMILES string of the molecule is CC(C)N(CCNC(=O)CN1CCCC1=O)C(C)C.CCC(CO)(CO)CO.Cl. The molecule has 1 rings (SSSR count). The number of hydrogen-bond acceptors (Lipinski definition) is 6. The van der Waals surface area contributed by atoms with E-state index < -0.39 is 5.41 Å². The fraction of sp³-hybridized carbons (Fsp3) is 0.900. The predicted molar refractivity (Wildman–Crippen MR) is 117 cm³/mol. The van der Waals surface area contributed by atoms with Gasteiger partial charge in [-0.15, -0.1) is 12.4 Å². The van der Waals surface area contributed by atoms with Crippen molar-refractivity contribution >= 4 is 24.2 Å². The zero-order valence-corrected chi connectivity index (χ0v) is 19.5. The monoisotopic (exact) mass is 439 g/mol. The Labute approximate surface area is 182 Å². The number of amides is 2. The van der Waals surface area contributed by atoms with Gasteiger partial charge >= 0.3 is 0 Å². The molecule has 29 heavy (non-hydrogen) atoms. The Kier molecular flexibility index (Phi) is 16.5. The van der Waals surface area contributed by atoms with E-state index in [0.717, 1.165) is 19.5 Å². The van der Waals surface area contributed by atoms with Gasteiger partial charge in [0, 0.05) is 43.6 Å². The zero-order chi connectivity index (χ0) is 21.7. The molecule has 2 amide bonds. The first-order valence-corrected chi connectivity index (χ1v) is 10.3. The first-order valence-electron chi connectivity index (χ1n) is 10.3. The van der Waals surface area contributed by atoms with Crippen molar-refractivity contribution in [3.63, 3.8) is 0 Å². The summed E-state index contributed by atoms with van der Waals surface area (Å²) in [6.07, 6.45) is 2.05. The third-order valence-electron chi connectivity index (χ3n) is 5.28. The molecule has 0 radical (unpaired) electrons. The summed E-state index contributed by atoms with van der Waals surface area (Å²) in [5, 5.41) is 28.9. The predicted octanol–water partition coefficient (Wildman–Crippen LogP) is 0.625. The highest BCUT2D eigenvalue weighted by Crippen LogP contribution is 2.18. The fourth-order valence-corrected chi connectivity index (χ4v) is 3.02. The minimum absolute atomic E-state index is 0. The molecule has 8 nitrogen and oxygen atoms in total. The largest absolute Gasteiger partial charge is 0.396 e. The van der Waals surface area contributed by atoms with Gasteiger partial charge in [-0.3, -0.25) is 14.5 Å². The van der Waals surface area contributed by atoms with E-state index in [4.69, 9.17) is 15.3 Å². The van der Waals surface area contributed by atoms with Crippen molar-refractivity contribution in [1.29, 1.82) is 0 Å². The average molecular weight is 440 g/mol. The Morgan fingerprint density at radius 2 is 1.66 bits per heavy atom. The summed E-state index contributed by atoms with van der Waals surface area (Å²) in [5.74, 6) is 0.0452. The van der Waals surface area contributed by atoms with Gasteiger partial charge in [-0.05, 0) is 40.5 Å². The zero-order valence-electron chi connectivity index (χ0n) is 18.7. The molecule has 174 valence electrons. The van der Waals surface area contributed by atoms with Gasteiger partial charge in [0.1, 0.15) is 0 Å². The highest BCUT2D eigenvalue weighted by atomic mass is 35.5. The summed E-state index contributed by atoms with van der Waals surface area (Å²) in [6.45, 7) is 12.4.